The Kier molecular flexibility index (Phi) is 5.38. The van der Waals surface area contributed by atoms with Gasteiger partial charge in [-0.25, -0.2) is 4.98 Å². The number of amides is 1. The molecule has 0 aliphatic carbocycles. The molecule has 0 aromatic carbocycles. The summed E-state index contributed by atoms with van der Waals surface area (Å²) in [5, 5.41) is 3.21. The van der Waals surface area contributed by atoms with E-state index in [0.29, 0.717) is 17.3 Å². The number of carbonyl (C=O) groups is 1. The molecule has 1 rings (SSSR count). The van der Waals surface area contributed by atoms with E-state index in [2.05, 4.69) is 10.3 Å². The van der Waals surface area contributed by atoms with Crippen molar-refractivity contribution in [3.05, 3.63) is 28.5 Å². The van der Waals surface area contributed by atoms with Crippen LogP contribution in [0.15, 0.2) is 12.1 Å². The van der Waals surface area contributed by atoms with Crippen LogP contribution in [0, 0.1) is 6.92 Å². The molecule has 0 fully saturated rings. The molecule has 4 nitrogen and oxygen atoms in total. The number of nitrogens with zero attached hydrogens (tertiary/aromatic N) is 1. The summed E-state index contributed by atoms with van der Waals surface area (Å²) in [5.74, 6) is -0.138. The third-order valence-corrected chi connectivity index (χ3v) is 2.51. The molecule has 94 valence electrons. The molecule has 0 spiro atoms. The summed E-state index contributed by atoms with van der Waals surface area (Å²) < 4.78 is 4.96. The van der Waals surface area contributed by atoms with E-state index in [9.17, 15) is 4.79 Å². The van der Waals surface area contributed by atoms with E-state index in [-0.39, 0.29) is 11.9 Å². The first kappa shape index (κ1) is 13.9. The number of hydrogen-bond acceptors (Lipinski definition) is 3. The zero-order valence-electron chi connectivity index (χ0n) is 10.3. The number of aromatic nitrogens is 1. The number of hydrogen-bond donors (Lipinski definition) is 1. The van der Waals surface area contributed by atoms with Gasteiger partial charge in [-0.05, 0) is 32.4 Å². The molecular weight excluding hydrogens is 240 g/mol. The van der Waals surface area contributed by atoms with Crippen molar-refractivity contribution >= 4 is 17.5 Å². The summed E-state index contributed by atoms with van der Waals surface area (Å²) in [4.78, 5) is 15.9. The van der Waals surface area contributed by atoms with E-state index in [1.165, 1.54) is 0 Å². The second kappa shape index (κ2) is 6.57. The summed E-state index contributed by atoms with van der Waals surface area (Å²) >= 11 is 5.80. The molecule has 1 amide bonds. The smallest absolute Gasteiger partial charge is 0.251 e. The van der Waals surface area contributed by atoms with Crippen LogP contribution < -0.4 is 5.32 Å². The lowest BCUT2D eigenvalue weighted by Crippen LogP contribution is -2.33. The molecule has 17 heavy (non-hydrogen) atoms. The lowest BCUT2D eigenvalue weighted by Gasteiger charge is -2.13. The van der Waals surface area contributed by atoms with Crippen LogP contribution in [-0.4, -0.2) is 30.6 Å². The maximum Gasteiger partial charge on any atom is 0.251 e. The fourth-order valence-corrected chi connectivity index (χ4v) is 1.68. The number of methoxy groups -OCH3 is 1. The molecule has 1 unspecified atom stereocenters. The molecule has 0 saturated carbocycles. The average molecular weight is 257 g/mol. The first-order valence-corrected chi connectivity index (χ1v) is 5.84. The van der Waals surface area contributed by atoms with Gasteiger partial charge in [0.1, 0.15) is 5.15 Å². The van der Waals surface area contributed by atoms with Crippen molar-refractivity contribution in [2.24, 2.45) is 0 Å². The minimum absolute atomic E-state index is 0.0645. The Labute approximate surface area is 106 Å². The average Bonchev–Trinajstić information content (AvgIpc) is 2.25. The number of nitrogens with one attached hydrogen (secondary N) is 1. The van der Waals surface area contributed by atoms with Crippen molar-refractivity contribution in [1.82, 2.24) is 10.3 Å². The van der Waals surface area contributed by atoms with Crippen molar-refractivity contribution in [2.75, 3.05) is 13.7 Å². The Morgan fingerprint density at radius 2 is 2.29 bits per heavy atom. The summed E-state index contributed by atoms with van der Waals surface area (Å²) in [6.07, 6.45) is 0.778. The van der Waals surface area contributed by atoms with Gasteiger partial charge >= 0.3 is 0 Å². The summed E-state index contributed by atoms with van der Waals surface area (Å²) in [6.45, 7) is 4.36. The van der Waals surface area contributed by atoms with Crippen molar-refractivity contribution in [3.63, 3.8) is 0 Å². The minimum Gasteiger partial charge on any atom is -0.385 e. The maximum atomic E-state index is 11.9. The summed E-state index contributed by atoms with van der Waals surface area (Å²) in [5.41, 5.74) is 1.26. The first-order chi connectivity index (χ1) is 8.02. The zero-order chi connectivity index (χ0) is 12.8. The molecule has 1 N–H and O–H groups in total. The molecule has 0 bridgehead atoms. The summed E-state index contributed by atoms with van der Waals surface area (Å²) in [6, 6.07) is 3.34. The lowest BCUT2D eigenvalue weighted by atomic mass is 10.2. The third kappa shape index (κ3) is 4.71. The third-order valence-electron chi connectivity index (χ3n) is 2.32. The van der Waals surface area contributed by atoms with Gasteiger partial charge in [-0.2, -0.15) is 0 Å². The number of aryl methyl sites for hydroxylation is 1. The molecule has 1 aromatic heterocycles. The molecule has 0 saturated heterocycles. The van der Waals surface area contributed by atoms with Crippen molar-refractivity contribution in [2.45, 2.75) is 26.3 Å². The quantitative estimate of drug-likeness (QED) is 0.822. The highest BCUT2D eigenvalue weighted by Gasteiger charge is 2.11. The van der Waals surface area contributed by atoms with Crippen LogP contribution in [0.2, 0.25) is 5.15 Å². The monoisotopic (exact) mass is 256 g/mol. The van der Waals surface area contributed by atoms with Gasteiger partial charge < -0.3 is 10.1 Å². The molecule has 1 heterocycles. The SMILES string of the molecule is COCCC(C)NC(=O)c1cc(C)nc(Cl)c1. The van der Waals surface area contributed by atoms with Crippen LogP contribution in [0.5, 0.6) is 0 Å². The van der Waals surface area contributed by atoms with E-state index in [4.69, 9.17) is 16.3 Å². The first-order valence-electron chi connectivity index (χ1n) is 5.47. The second-order valence-corrected chi connectivity index (χ2v) is 4.36. The van der Waals surface area contributed by atoms with E-state index < -0.39 is 0 Å². The summed E-state index contributed by atoms with van der Waals surface area (Å²) in [7, 11) is 1.64. The van der Waals surface area contributed by atoms with E-state index >= 15 is 0 Å². The van der Waals surface area contributed by atoms with Crippen LogP contribution in [0.1, 0.15) is 29.4 Å². The number of carbonyl (C=O) groups excluding carboxylic acids is 1. The van der Waals surface area contributed by atoms with Crippen molar-refractivity contribution in [1.29, 1.82) is 0 Å². The fraction of sp³-hybridized carbons (Fsp3) is 0.500. The molecule has 0 aliphatic rings. The van der Waals surface area contributed by atoms with Gasteiger partial charge in [0.2, 0.25) is 0 Å². The maximum absolute atomic E-state index is 11.9. The van der Waals surface area contributed by atoms with Gasteiger partial charge in [0.15, 0.2) is 0 Å². The van der Waals surface area contributed by atoms with Crippen LogP contribution in [0.3, 0.4) is 0 Å². The molecular formula is C12H17ClN2O2. The zero-order valence-corrected chi connectivity index (χ0v) is 11.0. The largest absolute Gasteiger partial charge is 0.385 e. The van der Waals surface area contributed by atoms with Gasteiger partial charge in [0.25, 0.3) is 5.91 Å². The van der Waals surface area contributed by atoms with E-state index in [1.807, 2.05) is 6.92 Å². The number of pyridine rings is 1. The predicted octanol–water partition coefficient (Wildman–Crippen LogP) is 2.20. The normalized spacial score (nSPS) is 12.2. The van der Waals surface area contributed by atoms with Gasteiger partial charge in [0, 0.05) is 31.0 Å². The Bertz CT molecular complexity index is 376. The van der Waals surface area contributed by atoms with Crippen LogP contribution in [-0.2, 0) is 4.74 Å². The minimum atomic E-state index is -0.138. The standard InChI is InChI=1S/C12H17ClN2O2/c1-8(4-5-17-3)15-12(16)10-6-9(2)14-11(13)7-10/h6-8H,4-5H2,1-3H3,(H,15,16). The Morgan fingerprint density at radius 3 is 2.88 bits per heavy atom. The molecule has 5 heteroatoms. The molecule has 1 aromatic rings. The van der Waals surface area contributed by atoms with Gasteiger partial charge in [-0.1, -0.05) is 11.6 Å². The molecule has 1 atom stereocenters. The van der Waals surface area contributed by atoms with Gasteiger partial charge in [-0.15, -0.1) is 0 Å². The van der Waals surface area contributed by atoms with Gasteiger partial charge in [-0.3, -0.25) is 4.79 Å². The lowest BCUT2D eigenvalue weighted by molar-refractivity contribution is 0.0929. The van der Waals surface area contributed by atoms with Crippen molar-refractivity contribution in [3.8, 4) is 0 Å². The van der Waals surface area contributed by atoms with Crippen LogP contribution in [0.4, 0.5) is 0 Å². The Balaban J connectivity index is 2.63. The van der Waals surface area contributed by atoms with Gasteiger partial charge in [0.05, 0.1) is 0 Å². The van der Waals surface area contributed by atoms with E-state index in [0.717, 1.165) is 12.1 Å². The fourth-order valence-electron chi connectivity index (χ4n) is 1.43. The van der Waals surface area contributed by atoms with Crippen LogP contribution >= 0.6 is 11.6 Å². The predicted molar refractivity (Wildman–Crippen MR) is 67.4 cm³/mol. The molecule has 0 aliphatic heterocycles. The molecule has 0 radical (unpaired) electrons. The van der Waals surface area contributed by atoms with Crippen molar-refractivity contribution < 1.29 is 9.53 Å². The van der Waals surface area contributed by atoms with E-state index in [1.54, 1.807) is 26.2 Å². The number of halogens is 1. The number of ether oxygens (including phenoxy) is 1. The Morgan fingerprint density at radius 1 is 1.59 bits per heavy atom. The second-order valence-electron chi connectivity index (χ2n) is 3.98. The van der Waals surface area contributed by atoms with Crippen LogP contribution in [0.25, 0.3) is 0 Å². The Hall–Kier alpha value is -1.13. The number of rotatable bonds is 5. The topological polar surface area (TPSA) is 51.2 Å². The highest BCUT2D eigenvalue weighted by Crippen LogP contribution is 2.10. The highest BCUT2D eigenvalue weighted by atomic mass is 35.5. The highest BCUT2D eigenvalue weighted by molar-refractivity contribution is 6.29.